The Morgan fingerprint density at radius 1 is 1.32 bits per heavy atom. The van der Waals surface area contributed by atoms with Crippen LogP contribution in [0.15, 0.2) is 35.4 Å². The van der Waals surface area contributed by atoms with Gasteiger partial charge in [-0.1, -0.05) is 32.9 Å². The number of aromatic amines is 1. The molecule has 0 radical (unpaired) electrons. The first-order valence-corrected chi connectivity index (χ1v) is 6.97. The number of hydrogen-bond acceptors (Lipinski definition) is 3. The number of halogens is 1. The van der Waals surface area contributed by atoms with E-state index in [0.717, 1.165) is 0 Å². The standard InChI is InChI=1S/C14H15IN2O2/c1-14(2,3)9-5-4-6-10(7-9)19-13-11(15)12(18)16-8-17-13/h4-8H,1-3H3,(H,16,17,18). The number of nitrogens with zero attached hydrogens (tertiary/aromatic N) is 1. The van der Waals surface area contributed by atoms with Crippen LogP contribution < -0.4 is 10.3 Å². The molecule has 2 rings (SSSR count). The summed E-state index contributed by atoms with van der Waals surface area (Å²) in [6, 6.07) is 7.83. The molecule has 0 unspecified atom stereocenters. The van der Waals surface area contributed by atoms with Crippen molar-refractivity contribution >= 4 is 22.6 Å². The summed E-state index contributed by atoms with van der Waals surface area (Å²) >= 11 is 1.93. The van der Waals surface area contributed by atoms with Gasteiger partial charge in [0.25, 0.3) is 5.56 Å². The first-order valence-electron chi connectivity index (χ1n) is 5.89. The number of aromatic nitrogens is 2. The second-order valence-electron chi connectivity index (χ2n) is 5.23. The molecule has 1 heterocycles. The van der Waals surface area contributed by atoms with E-state index in [9.17, 15) is 4.79 Å². The Morgan fingerprint density at radius 2 is 2.05 bits per heavy atom. The van der Waals surface area contributed by atoms with E-state index < -0.39 is 0 Å². The van der Waals surface area contributed by atoms with Gasteiger partial charge >= 0.3 is 0 Å². The highest BCUT2D eigenvalue weighted by Crippen LogP contribution is 2.28. The Morgan fingerprint density at radius 3 is 2.74 bits per heavy atom. The van der Waals surface area contributed by atoms with E-state index in [0.29, 0.717) is 15.2 Å². The maximum Gasteiger partial charge on any atom is 0.268 e. The molecule has 0 aliphatic carbocycles. The Labute approximate surface area is 125 Å². The number of rotatable bonds is 2. The second-order valence-corrected chi connectivity index (χ2v) is 6.31. The van der Waals surface area contributed by atoms with Gasteiger partial charge in [0.15, 0.2) is 0 Å². The number of benzene rings is 1. The molecular formula is C14H15IN2O2. The predicted octanol–water partition coefficient (Wildman–Crippen LogP) is 3.46. The van der Waals surface area contributed by atoms with Gasteiger partial charge in [0.2, 0.25) is 5.88 Å². The number of hydrogen-bond donors (Lipinski definition) is 1. The van der Waals surface area contributed by atoms with Crippen LogP contribution in [0.4, 0.5) is 0 Å². The van der Waals surface area contributed by atoms with Gasteiger partial charge in [-0.2, -0.15) is 0 Å². The van der Waals surface area contributed by atoms with Gasteiger partial charge in [0.1, 0.15) is 9.32 Å². The second kappa shape index (κ2) is 5.32. The lowest BCUT2D eigenvalue weighted by Crippen LogP contribution is -2.12. The molecule has 1 aromatic carbocycles. The van der Waals surface area contributed by atoms with E-state index in [1.807, 2.05) is 40.8 Å². The highest BCUT2D eigenvalue weighted by atomic mass is 127. The summed E-state index contributed by atoms with van der Waals surface area (Å²) in [6.07, 6.45) is 1.34. The molecule has 0 fully saturated rings. The van der Waals surface area contributed by atoms with Gasteiger partial charge in [-0.05, 0) is 45.7 Å². The lowest BCUT2D eigenvalue weighted by atomic mass is 9.87. The molecule has 4 nitrogen and oxygen atoms in total. The third kappa shape index (κ3) is 3.34. The van der Waals surface area contributed by atoms with Crippen molar-refractivity contribution in [2.75, 3.05) is 0 Å². The Hall–Kier alpha value is -1.37. The highest BCUT2D eigenvalue weighted by molar-refractivity contribution is 14.1. The molecule has 0 aliphatic heterocycles. The van der Waals surface area contributed by atoms with Gasteiger partial charge in [-0.3, -0.25) is 4.79 Å². The van der Waals surface area contributed by atoms with Crippen molar-refractivity contribution < 1.29 is 4.74 Å². The van der Waals surface area contributed by atoms with E-state index >= 15 is 0 Å². The van der Waals surface area contributed by atoms with Crippen LogP contribution in [0, 0.1) is 3.57 Å². The molecular weight excluding hydrogens is 355 g/mol. The molecule has 0 aliphatic rings. The maximum absolute atomic E-state index is 11.5. The minimum absolute atomic E-state index is 0.0497. The van der Waals surface area contributed by atoms with Crippen LogP contribution in [-0.2, 0) is 5.41 Å². The molecule has 0 amide bonds. The molecule has 1 aromatic heterocycles. The minimum atomic E-state index is -0.197. The fourth-order valence-electron chi connectivity index (χ4n) is 1.58. The molecule has 0 spiro atoms. The van der Waals surface area contributed by atoms with Crippen molar-refractivity contribution in [3.05, 3.63) is 50.1 Å². The Balaban J connectivity index is 2.34. The van der Waals surface area contributed by atoms with Gasteiger partial charge in [0, 0.05) is 0 Å². The monoisotopic (exact) mass is 370 g/mol. The summed E-state index contributed by atoms with van der Waals surface area (Å²) in [5.41, 5.74) is 1.02. The third-order valence-electron chi connectivity index (χ3n) is 2.68. The zero-order chi connectivity index (χ0) is 14.0. The Kier molecular flexibility index (Phi) is 3.93. The summed E-state index contributed by atoms with van der Waals surface area (Å²) in [5.74, 6) is 1.01. The van der Waals surface area contributed by atoms with E-state index in [1.54, 1.807) is 0 Å². The predicted molar refractivity (Wildman–Crippen MR) is 82.8 cm³/mol. The van der Waals surface area contributed by atoms with Crippen LogP contribution in [0.3, 0.4) is 0 Å². The quantitative estimate of drug-likeness (QED) is 0.824. The van der Waals surface area contributed by atoms with Crippen LogP contribution in [0.2, 0.25) is 0 Å². The smallest absolute Gasteiger partial charge is 0.268 e. The number of H-pyrrole nitrogens is 1. The molecule has 0 saturated heterocycles. The molecule has 5 heteroatoms. The first-order chi connectivity index (χ1) is 8.88. The highest BCUT2D eigenvalue weighted by Gasteiger charge is 2.15. The zero-order valence-corrected chi connectivity index (χ0v) is 13.2. The fourth-order valence-corrected chi connectivity index (χ4v) is 1.98. The number of ether oxygens (including phenoxy) is 1. The van der Waals surface area contributed by atoms with Gasteiger partial charge in [0.05, 0.1) is 6.33 Å². The minimum Gasteiger partial charge on any atom is -0.438 e. The van der Waals surface area contributed by atoms with Crippen molar-refractivity contribution in [3.8, 4) is 11.6 Å². The lowest BCUT2D eigenvalue weighted by Gasteiger charge is -2.19. The van der Waals surface area contributed by atoms with Crippen molar-refractivity contribution in [3.63, 3.8) is 0 Å². The van der Waals surface area contributed by atoms with Crippen molar-refractivity contribution in [2.24, 2.45) is 0 Å². The molecule has 0 atom stereocenters. The molecule has 100 valence electrons. The van der Waals surface area contributed by atoms with Crippen LogP contribution >= 0.6 is 22.6 Å². The van der Waals surface area contributed by atoms with Crippen LogP contribution in [0.25, 0.3) is 0 Å². The van der Waals surface area contributed by atoms with E-state index in [4.69, 9.17) is 4.74 Å². The summed E-state index contributed by atoms with van der Waals surface area (Å²) in [6.45, 7) is 6.42. The van der Waals surface area contributed by atoms with Gasteiger partial charge in [-0.15, -0.1) is 0 Å². The van der Waals surface area contributed by atoms with E-state index in [1.165, 1.54) is 11.9 Å². The third-order valence-corrected chi connectivity index (χ3v) is 3.63. The van der Waals surface area contributed by atoms with Crippen LogP contribution in [0.1, 0.15) is 26.3 Å². The molecule has 1 N–H and O–H groups in total. The Bertz CT molecular complexity index is 644. The molecule has 0 saturated carbocycles. The summed E-state index contributed by atoms with van der Waals surface area (Å²) in [7, 11) is 0. The van der Waals surface area contributed by atoms with E-state index in [-0.39, 0.29) is 11.0 Å². The van der Waals surface area contributed by atoms with Crippen LogP contribution in [0.5, 0.6) is 11.6 Å². The molecule has 2 aromatic rings. The lowest BCUT2D eigenvalue weighted by molar-refractivity contribution is 0.453. The summed E-state index contributed by atoms with van der Waals surface area (Å²) in [4.78, 5) is 18.0. The molecule has 0 bridgehead atoms. The SMILES string of the molecule is CC(C)(C)c1cccc(Oc2nc[nH]c(=O)c2I)c1. The molecule has 19 heavy (non-hydrogen) atoms. The summed E-state index contributed by atoms with van der Waals surface area (Å²) < 4.78 is 6.13. The normalized spacial score (nSPS) is 11.4. The topological polar surface area (TPSA) is 55.0 Å². The summed E-state index contributed by atoms with van der Waals surface area (Å²) in [5, 5.41) is 0. The van der Waals surface area contributed by atoms with Crippen molar-refractivity contribution in [1.82, 2.24) is 9.97 Å². The number of nitrogens with one attached hydrogen (secondary N) is 1. The van der Waals surface area contributed by atoms with Gasteiger partial charge < -0.3 is 9.72 Å². The maximum atomic E-state index is 11.5. The van der Waals surface area contributed by atoms with E-state index in [2.05, 4.69) is 36.8 Å². The van der Waals surface area contributed by atoms with Gasteiger partial charge in [-0.25, -0.2) is 4.98 Å². The zero-order valence-electron chi connectivity index (χ0n) is 11.0. The fraction of sp³-hybridized carbons (Fsp3) is 0.286. The average Bonchev–Trinajstić information content (AvgIpc) is 2.34. The average molecular weight is 370 g/mol. The van der Waals surface area contributed by atoms with Crippen molar-refractivity contribution in [2.45, 2.75) is 26.2 Å². The largest absolute Gasteiger partial charge is 0.438 e. The van der Waals surface area contributed by atoms with Crippen LogP contribution in [-0.4, -0.2) is 9.97 Å². The van der Waals surface area contributed by atoms with Crippen molar-refractivity contribution in [1.29, 1.82) is 0 Å². The first kappa shape index (κ1) is 14.0.